The molecule has 108 valence electrons. The standard InChI is InChI=1S/C15H17F3N2/c16-15(17,18)8-9-19-13-7-3-5-11-10-4-1-2-6-12(10)20-14(11)13/h1-2,4,6,13,19-20H,3,5,7-9H2. The Morgan fingerprint density at radius 2 is 2.05 bits per heavy atom. The summed E-state index contributed by atoms with van der Waals surface area (Å²) in [7, 11) is 0. The molecule has 1 aromatic carbocycles. The molecule has 0 saturated heterocycles. The molecule has 2 nitrogen and oxygen atoms in total. The van der Waals surface area contributed by atoms with Gasteiger partial charge in [0.2, 0.25) is 0 Å². The molecule has 0 saturated carbocycles. The number of rotatable bonds is 3. The van der Waals surface area contributed by atoms with Crippen LogP contribution in [0.4, 0.5) is 13.2 Å². The Kier molecular flexibility index (Phi) is 3.46. The monoisotopic (exact) mass is 282 g/mol. The first-order valence-corrected chi connectivity index (χ1v) is 6.94. The van der Waals surface area contributed by atoms with Crippen LogP contribution in [0.25, 0.3) is 10.9 Å². The van der Waals surface area contributed by atoms with Gasteiger partial charge in [0.15, 0.2) is 0 Å². The van der Waals surface area contributed by atoms with Crippen molar-refractivity contribution in [3.8, 4) is 0 Å². The summed E-state index contributed by atoms with van der Waals surface area (Å²) in [5, 5.41) is 4.24. The number of para-hydroxylation sites is 1. The first-order chi connectivity index (χ1) is 9.54. The Bertz CT molecular complexity index is 601. The van der Waals surface area contributed by atoms with E-state index in [2.05, 4.69) is 16.4 Å². The molecule has 0 aliphatic heterocycles. The third-order valence-corrected chi connectivity index (χ3v) is 3.91. The van der Waals surface area contributed by atoms with E-state index in [0.29, 0.717) is 0 Å². The number of hydrogen-bond donors (Lipinski definition) is 2. The summed E-state index contributed by atoms with van der Waals surface area (Å²) in [6.07, 6.45) is -1.98. The van der Waals surface area contributed by atoms with Crippen LogP contribution in [0.3, 0.4) is 0 Å². The summed E-state index contributed by atoms with van der Waals surface area (Å²) in [6, 6.07) is 8.06. The van der Waals surface area contributed by atoms with Crippen molar-refractivity contribution in [2.24, 2.45) is 0 Å². The number of alkyl halides is 3. The Morgan fingerprint density at radius 1 is 1.25 bits per heavy atom. The summed E-state index contributed by atoms with van der Waals surface area (Å²) in [5.41, 5.74) is 3.40. The Morgan fingerprint density at radius 3 is 2.85 bits per heavy atom. The quantitative estimate of drug-likeness (QED) is 0.872. The van der Waals surface area contributed by atoms with Gasteiger partial charge < -0.3 is 10.3 Å². The van der Waals surface area contributed by atoms with E-state index in [0.717, 1.165) is 30.5 Å². The van der Waals surface area contributed by atoms with Crippen molar-refractivity contribution in [1.82, 2.24) is 10.3 Å². The smallest absolute Gasteiger partial charge is 0.357 e. The maximum absolute atomic E-state index is 12.2. The molecule has 5 heteroatoms. The summed E-state index contributed by atoms with van der Waals surface area (Å²) >= 11 is 0. The van der Waals surface area contributed by atoms with E-state index in [1.165, 1.54) is 10.9 Å². The zero-order valence-corrected chi connectivity index (χ0v) is 11.1. The van der Waals surface area contributed by atoms with Crippen molar-refractivity contribution < 1.29 is 13.2 Å². The fraction of sp³-hybridized carbons (Fsp3) is 0.467. The predicted molar refractivity (Wildman–Crippen MR) is 72.7 cm³/mol. The zero-order chi connectivity index (χ0) is 14.2. The molecular weight excluding hydrogens is 265 g/mol. The van der Waals surface area contributed by atoms with Gasteiger partial charge in [-0.25, -0.2) is 0 Å². The van der Waals surface area contributed by atoms with Crippen molar-refractivity contribution >= 4 is 10.9 Å². The number of aromatic nitrogens is 1. The molecule has 1 atom stereocenters. The van der Waals surface area contributed by atoms with Crippen molar-refractivity contribution in [3.05, 3.63) is 35.5 Å². The van der Waals surface area contributed by atoms with Gasteiger partial charge in [-0.1, -0.05) is 18.2 Å². The number of aromatic amines is 1. The van der Waals surface area contributed by atoms with Crippen LogP contribution in [-0.2, 0) is 6.42 Å². The van der Waals surface area contributed by atoms with Crippen LogP contribution in [0.1, 0.15) is 36.6 Å². The Hall–Kier alpha value is -1.49. The van der Waals surface area contributed by atoms with Gasteiger partial charge in [0.1, 0.15) is 0 Å². The summed E-state index contributed by atoms with van der Waals surface area (Å²) in [6.45, 7) is -0.0248. The molecule has 2 aromatic rings. The van der Waals surface area contributed by atoms with Crippen LogP contribution in [-0.4, -0.2) is 17.7 Å². The van der Waals surface area contributed by atoms with E-state index < -0.39 is 12.6 Å². The van der Waals surface area contributed by atoms with Crippen molar-refractivity contribution in [1.29, 1.82) is 0 Å². The molecule has 1 aliphatic carbocycles. The molecule has 0 spiro atoms. The molecule has 20 heavy (non-hydrogen) atoms. The number of hydrogen-bond acceptors (Lipinski definition) is 1. The first-order valence-electron chi connectivity index (χ1n) is 6.94. The summed E-state index contributed by atoms with van der Waals surface area (Å²) in [5.74, 6) is 0. The lowest BCUT2D eigenvalue weighted by Crippen LogP contribution is -2.28. The molecule has 2 N–H and O–H groups in total. The number of aryl methyl sites for hydroxylation is 1. The van der Waals surface area contributed by atoms with Gasteiger partial charge in [0.25, 0.3) is 0 Å². The average molecular weight is 282 g/mol. The Balaban J connectivity index is 1.79. The van der Waals surface area contributed by atoms with Crippen LogP contribution in [0.2, 0.25) is 0 Å². The number of halogens is 3. The lowest BCUT2D eigenvalue weighted by molar-refractivity contribution is -0.133. The Labute approximate surface area is 115 Å². The van der Waals surface area contributed by atoms with E-state index in [4.69, 9.17) is 0 Å². The molecule has 0 radical (unpaired) electrons. The summed E-state index contributed by atoms with van der Waals surface area (Å²) < 4.78 is 36.7. The number of nitrogens with one attached hydrogen (secondary N) is 2. The van der Waals surface area contributed by atoms with Crippen molar-refractivity contribution in [3.63, 3.8) is 0 Å². The molecule has 0 fully saturated rings. The number of H-pyrrole nitrogens is 1. The molecule has 1 aliphatic rings. The minimum Gasteiger partial charge on any atom is -0.357 e. The maximum Gasteiger partial charge on any atom is 0.390 e. The molecule has 0 bridgehead atoms. The first kappa shape index (κ1) is 13.5. The second-order valence-corrected chi connectivity index (χ2v) is 5.33. The minimum atomic E-state index is -4.09. The van der Waals surface area contributed by atoms with Gasteiger partial charge in [-0.15, -0.1) is 0 Å². The predicted octanol–water partition coefficient (Wildman–Crippen LogP) is 4.09. The second-order valence-electron chi connectivity index (χ2n) is 5.33. The topological polar surface area (TPSA) is 27.8 Å². The highest BCUT2D eigenvalue weighted by Crippen LogP contribution is 2.34. The molecule has 1 aromatic heterocycles. The zero-order valence-electron chi connectivity index (χ0n) is 11.1. The third-order valence-electron chi connectivity index (χ3n) is 3.91. The van der Waals surface area contributed by atoms with Crippen LogP contribution in [0, 0.1) is 0 Å². The van der Waals surface area contributed by atoms with Gasteiger partial charge >= 0.3 is 6.18 Å². The van der Waals surface area contributed by atoms with Gasteiger partial charge in [0, 0.05) is 29.2 Å². The highest BCUT2D eigenvalue weighted by atomic mass is 19.4. The van der Waals surface area contributed by atoms with Crippen LogP contribution < -0.4 is 5.32 Å². The van der Waals surface area contributed by atoms with Gasteiger partial charge in [0.05, 0.1) is 6.42 Å². The third kappa shape index (κ3) is 2.68. The van der Waals surface area contributed by atoms with Crippen LogP contribution >= 0.6 is 0 Å². The maximum atomic E-state index is 12.2. The van der Waals surface area contributed by atoms with Crippen LogP contribution in [0.5, 0.6) is 0 Å². The normalized spacial score (nSPS) is 19.2. The highest BCUT2D eigenvalue weighted by molar-refractivity contribution is 5.85. The SMILES string of the molecule is FC(F)(F)CCNC1CCCc2c1[nH]c1ccccc21. The molecular formula is C15H17F3N2. The number of fused-ring (bicyclic) bond motifs is 3. The lowest BCUT2D eigenvalue weighted by Gasteiger charge is -2.24. The van der Waals surface area contributed by atoms with E-state index >= 15 is 0 Å². The highest BCUT2D eigenvalue weighted by Gasteiger charge is 2.28. The summed E-state index contributed by atoms with van der Waals surface area (Å²) in [4.78, 5) is 3.37. The fourth-order valence-corrected chi connectivity index (χ4v) is 3.01. The van der Waals surface area contributed by atoms with Crippen molar-refractivity contribution in [2.75, 3.05) is 6.54 Å². The van der Waals surface area contributed by atoms with E-state index in [1.807, 2.05) is 18.2 Å². The van der Waals surface area contributed by atoms with Gasteiger partial charge in [-0.3, -0.25) is 0 Å². The van der Waals surface area contributed by atoms with Crippen molar-refractivity contribution in [2.45, 2.75) is 37.9 Å². The minimum absolute atomic E-state index is 0.00787. The number of benzene rings is 1. The molecule has 1 unspecified atom stereocenters. The van der Waals surface area contributed by atoms with Gasteiger partial charge in [-0.05, 0) is 30.9 Å². The van der Waals surface area contributed by atoms with E-state index in [-0.39, 0.29) is 12.6 Å². The average Bonchev–Trinajstić information content (AvgIpc) is 2.77. The largest absolute Gasteiger partial charge is 0.390 e. The molecule has 1 heterocycles. The fourth-order valence-electron chi connectivity index (χ4n) is 3.01. The molecule has 0 amide bonds. The lowest BCUT2D eigenvalue weighted by atomic mass is 9.91. The van der Waals surface area contributed by atoms with E-state index in [1.54, 1.807) is 0 Å². The van der Waals surface area contributed by atoms with Crippen LogP contribution in [0.15, 0.2) is 24.3 Å². The van der Waals surface area contributed by atoms with Gasteiger partial charge in [-0.2, -0.15) is 13.2 Å². The van der Waals surface area contributed by atoms with E-state index in [9.17, 15) is 13.2 Å². The molecule has 3 rings (SSSR count). The second kappa shape index (κ2) is 5.13.